The largest absolute Gasteiger partial charge is 0.508 e. The van der Waals surface area contributed by atoms with Crippen molar-refractivity contribution in [3.05, 3.63) is 48.0 Å². The summed E-state index contributed by atoms with van der Waals surface area (Å²) in [6, 6.07) is 12.7. The summed E-state index contributed by atoms with van der Waals surface area (Å²) >= 11 is 1.21. The second-order valence-electron chi connectivity index (χ2n) is 6.76. The first kappa shape index (κ1) is 18.2. The van der Waals surface area contributed by atoms with Gasteiger partial charge in [-0.2, -0.15) is 0 Å². The lowest BCUT2D eigenvalue weighted by Crippen LogP contribution is -2.14. The minimum atomic E-state index is -0.211. The summed E-state index contributed by atoms with van der Waals surface area (Å²) in [7, 11) is 0. The predicted molar refractivity (Wildman–Crippen MR) is 111 cm³/mol. The van der Waals surface area contributed by atoms with E-state index in [4.69, 9.17) is 0 Å². The van der Waals surface area contributed by atoms with E-state index >= 15 is 0 Å². The molecule has 3 N–H and O–H groups in total. The number of hydrogen-bond acceptors (Lipinski definition) is 6. The van der Waals surface area contributed by atoms with E-state index in [9.17, 15) is 9.90 Å². The second kappa shape index (κ2) is 7.47. The monoisotopic (exact) mass is 393 g/mol. The van der Waals surface area contributed by atoms with Crippen LogP contribution in [0.25, 0.3) is 22.1 Å². The Bertz CT molecular complexity index is 1170. The summed E-state index contributed by atoms with van der Waals surface area (Å²) in [5, 5.41) is 22.1. The van der Waals surface area contributed by atoms with Gasteiger partial charge in [0.2, 0.25) is 11.1 Å². The SMILES string of the molecule is CC(C)c1ccc2[nH]c3nc(SCC(=O)Nc4cccc(O)c4)nnc3c2c1. The van der Waals surface area contributed by atoms with Gasteiger partial charge in [0.15, 0.2) is 5.65 Å². The van der Waals surface area contributed by atoms with E-state index in [1.807, 2.05) is 6.07 Å². The molecule has 142 valence electrons. The first-order chi connectivity index (χ1) is 13.5. The number of carbonyl (C=O) groups is 1. The second-order valence-corrected chi connectivity index (χ2v) is 7.71. The number of nitrogens with one attached hydrogen (secondary N) is 2. The van der Waals surface area contributed by atoms with Gasteiger partial charge >= 0.3 is 0 Å². The zero-order valence-electron chi connectivity index (χ0n) is 15.4. The number of anilines is 1. The van der Waals surface area contributed by atoms with Crippen LogP contribution >= 0.6 is 11.8 Å². The molecule has 8 heteroatoms. The Morgan fingerprint density at radius 1 is 1.21 bits per heavy atom. The fourth-order valence-electron chi connectivity index (χ4n) is 2.91. The molecule has 4 rings (SSSR count). The van der Waals surface area contributed by atoms with Crippen LogP contribution in [0.3, 0.4) is 0 Å². The van der Waals surface area contributed by atoms with Crippen LogP contribution < -0.4 is 5.32 Å². The van der Waals surface area contributed by atoms with Crippen LogP contribution in [-0.2, 0) is 4.79 Å². The standard InChI is InChI=1S/C20H19N5O2S/c1-11(2)12-6-7-16-15(8-12)18-19(22-16)23-20(25-24-18)28-10-17(27)21-13-4-3-5-14(26)9-13/h3-9,11,26H,10H2,1-2H3,(H,21,27)(H,22,23,25). The van der Waals surface area contributed by atoms with E-state index in [0.717, 1.165) is 16.4 Å². The number of thioether (sulfide) groups is 1. The number of rotatable bonds is 5. The highest BCUT2D eigenvalue weighted by atomic mass is 32.2. The van der Waals surface area contributed by atoms with E-state index in [0.29, 0.717) is 22.4 Å². The van der Waals surface area contributed by atoms with Crippen molar-refractivity contribution in [1.29, 1.82) is 0 Å². The summed E-state index contributed by atoms with van der Waals surface area (Å²) in [4.78, 5) is 19.9. The molecule has 7 nitrogen and oxygen atoms in total. The lowest BCUT2D eigenvalue weighted by Gasteiger charge is -2.05. The number of benzene rings is 2. The Morgan fingerprint density at radius 3 is 2.86 bits per heavy atom. The van der Waals surface area contributed by atoms with Gasteiger partial charge in [-0.3, -0.25) is 4.79 Å². The molecule has 2 heterocycles. The Hall–Kier alpha value is -3.13. The molecular formula is C20H19N5O2S. The summed E-state index contributed by atoms with van der Waals surface area (Å²) in [5.74, 6) is 0.455. The van der Waals surface area contributed by atoms with Crippen molar-refractivity contribution in [3.63, 3.8) is 0 Å². The van der Waals surface area contributed by atoms with Gasteiger partial charge in [0.1, 0.15) is 11.3 Å². The van der Waals surface area contributed by atoms with Crippen molar-refractivity contribution >= 4 is 45.4 Å². The Kier molecular flexibility index (Phi) is 4.87. The molecule has 0 saturated carbocycles. The van der Waals surface area contributed by atoms with Gasteiger partial charge in [-0.15, -0.1) is 10.2 Å². The molecule has 0 spiro atoms. The molecule has 0 aliphatic heterocycles. The van der Waals surface area contributed by atoms with Crippen molar-refractivity contribution in [2.75, 3.05) is 11.1 Å². The van der Waals surface area contributed by atoms with Crippen molar-refractivity contribution in [1.82, 2.24) is 20.2 Å². The summed E-state index contributed by atoms with van der Waals surface area (Å²) in [5.41, 5.74) is 4.12. The van der Waals surface area contributed by atoms with Gasteiger partial charge < -0.3 is 15.4 Å². The molecule has 0 aliphatic carbocycles. The molecule has 0 unspecified atom stereocenters. The number of aromatic amines is 1. The summed E-state index contributed by atoms with van der Waals surface area (Å²) < 4.78 is 0. The van der Waals surface area contributed by atoms with Gasteiger partial charge in [-0.1, -0.05) is 37.7 Å². The minimum absolute atomic E-state index is 0.0999. The molecule has 2 aromatic heterocycles. The van der Waals surface area contributed by atoms with Crippen molar-refractivity contribution in [2.45, 2.75) is 24.9 Å². The van der Waals surface area contributed by atoms with E-state index in [-0.39, 0.29) is 17.4 Å². The van der Waals surface area contributed by atoms with Crippen LogP contribution in [-0.4, -0.2) is 36.9 Å². The minimum Gasteiger partial charge on any atom is -0.508 e. The Morgan fingerprint density at radius 2 is 2.07 bits per heavy atom. The predicted octanol–water partition coefficient (Wildman–Crippen LogP) is 4.07. The third-order valence-electron chi connectivity index (χ3n) is 4.35. The Labute approximate surface area is 165 Å². The topological polar surface area (TPSA) is 104 Å². The maximum absolute atomic E-state index is 12.1. The molecule has 0 aliphatic rings. The van der Waals surface area contributed by atoms with Crippen LogP contribution in [0.4, 0.5) is 5.69 Å². The number of H-pyrrole nitrogens is 1. The van der Waals surface area contributed by atoms with Crippen LogP contribution in [0.1, 0.15) is 25.3 Å². The molecular weight excluding hydrogens is 374 g/mol. The number of phenols is 1. The summed E-state index contributed by atoms with van der Waals surface area (Å²) in [6.07, 6.45) is 0. The van der Waals surface area contributed by atoms with E-state index in [1.165, 1.54) is 23.4 Å². The molecule has 0 fully saturated rings. The average molecular weight is 393 g/mol. The van der Waals surface area contributed by atoms with Crippen LogP contribution in [0.5, 0.6) is 5.75 Å². The molecule has 2 aromatic carbocycles. The molecule has 0 bridgehead atoms. The number of fused-ring (bicyclic) bond motifs is 3. The number of nitrogens with zero attached hydrogens (tertiary/aromatic N) is 3. The normalized spacial score (nSPS) is 11.4. The molecule has 0 atom stereocenters. The first-order valence-corrected chi connectivity index (χ1v) is 9.86. The zero-order valence-corrected chi connectivity index (χ0v) is 16.2. The number of amides is 1. The van der Waals surface area contributed by atoms with Crippen molar-refractivity contribution in [2.24, 2.45) is 0 Å². The lowest BCUT2D eigenvalue weighted by molar-refractivity contribution is -0.113. The van der Waals surface area contributed by atoms with E-state index < -0.39 is 0 Å². The van der Waals surface area contributed by atoms with Gasteiger partial charge in [0.25, 0.3) is 0 Å². The van der Waals surface area contributed by atoms with Gasteiger partial charge in [0, 0.05) is 22.7 Å². The van der Waals surface area contributed by atoms with E-state index in [1.54, 1.807) is 18.2 Å². The Balaban J connectivity index is 1.50. The van der Waals surface area contributed by atoms with Crippen LogP contribution in [0.15, 0.2) is 47.6 Å². The highest BCUT2D eigenvalue weighted by molar-refractivity contribution is 7.99. The number of carbonyl (C=O) groups excluding carboxylic acids is 1. The third-order valence-corrected chi connectivity index (χ3v) is 5.19. The maximum Gasteiger partial charge on any atom is 0.234 e. The van der Waals surface area contributed by atoms with Crippen molar-refractivity contribution < 1.29 is 9.90 Å². The van der Waals surface area contributed by atoms with Gasteiger partial charge in [-0.05, 0) is 35.7 Å². The highest BCUT2D eigenvalue weighted by Crippen LogP contribution is 2.27. The van der Waals surface area contributed by atoms with Crippen molar-refractivity contribution in [3.8, 4) is 5.75 Å². The molecule has 28 heavy (non-hydrogen) atoms. The van der Waals surface area contributed by atoms with Crippen LogP contribution in [0, 0.1) is 0 Å². The smallest absolute Gasteiger partial charge is 0.234 e. The van der Waals surface area contributed by atoms with E-state index in [2.05, 4.69) is 51.5 Å². The number of aromatic hydroxyl groups is 1. The average Bonchev–Trinajstić information content (AvgIpc) is 3.03. The molecule has 1 amide bonds. The first-order valence-electron chi connectivity index (χ1n) is 8.87. The number of phenolic OH excluding ortho intramolecular Hbond substituents is 1. The number of aromatic nitrogens is 4. The molecule has 4 aromatic rings. The maximum atomic E-state index is 12.1. The fraction of sp³-hybridized carbons (Fsp3) is 0.200. The van der Waals surface area contributed by atoms with Gasteiger partial charge in [-0.25, -0.2) is 4.98 Å². The molecule has 0 radical (unpaired) electrons. The highest BCUT2D eigenvalue weighted by Gasteiger charge is 2.12. The third kappa shape index (κ3) is 3.77. The van der Waals surface area contributed by atoms with Gasteiger partial charge in [0.05, 0.1) is 5.75 Å². The quantitative estimate of drug-likeness (QED) is 0.442. The van der Waals surface area contributed by atoms with Crippen LogP contribution in [0.2, 0.25) is 0 Å². The zero-order chi connectivity index (χ0) is 19.7. The summed E-state index contributed by atoms with van der Waals surface area (Å²) in [6.45, 7) is 4.30. The lowest BCUT2D eigenvalue weighted by atomic mass is 10.0. The fourth-order valence-corrected chi connectivity index (χ4v) is 3.49. The number of hydrogen-bond donors (Lipinski definition) is 3. The molecule has 0 saturated heterocycles.